The highest BCUT2D eigenvalue weighted by Gasteiger charge is 2.18. The van der Waals surface area contributed by atoms with E-state index in [1.54, 1.807) is 36.0 Å². The number of nitrogens with zero attached hydrogens (tertiary/aromatic N) is 3. The highest BCUT2D eigenvalue weighted by molar-refractivity contribution is 6.30. The second-order valence-electron chi connectivity index (χ2n) is 4.86. The van der Waals surface area contributed by atoms with Crippen LogP contribution in [-0.2, 0) is 7.05 Å². The van der Waals surface area contributed by atoms with Gasteiger partial charge in [0, 0.05) is 17.6 Å². The molecular weight excluding hydrogens is 314 g/mol. The maximum absolute atomic E-state index is 8.99. The van der Waals surface area contributed by atoms with Gasteiger partial charge in [0.15, 0.2) is 0 Å². The third-order valence-corrected chi connectivity index (χ3v) is 3.54. The Morgan fingerprint density at radius 1 is 1.13 bits per heavy atom. The van der Waals surface area contributed by atoms with Crippen molar-refractivity contribution in [2.75, 3.05) is 0 Å². The molecule has 5 nitrogen and oxygen atoms in total. The summed E-state index contributed by atoms with van der Waals surface area (Å²) >= 11 is 5.88. The number of hydrogen-bond acceptors (Lipinski definition) is 4. The molecule has 0 aliphatic rings. The van der Waals surface area contributed by atoms with E-state index in [1.807, 2.05) is 30.3 Å². The molecule has 1 N–H and O–H groups in total. The van der Waals surface area contributed by atoms with Crippen LogP contribution in [0.1, 0.15) is 5.56 Å². The molecule has 0 amide bonds. The molecular formula is C17H14ClN3O2. The quantitative estimate of drug-likeness (QED) is 0.440. The van der Waals surface area contributed by atoms with Crippen LogP contribution in [0.25, 0.3) is 11.3 Å². The molecule has 1 aromatic heterocycles. The molecule has 0 unspecified atom stereocenters. The maximum atomic E-state index is 8.99. The van der Waals surface area contributed by atoms with Crippen molar-refractivity contribution in [3.05, 3.63) is 65.2 Å². The number of halogens is 1. The fourth-order valence-corrected chi connectivity index (χ4v) is 2.37. The molecule has 0 spiro atoms. The highest BCUT2D eigenvalue weighted by Crippen LogP contribution is 2.32. The Bertz CT molecular complexity index is 827. The summed E-state index contributed by atoms with van der Waals surface area (Å²) in [6, 6.07) is 16.6. The van der Waals surface area contributed by atoms with Gasteiger partial charge in [-0.25, -0.2) is 4.68 Å². The third-order valence-electron chi connectivity index (χ3n) is 3.29. The number of rotatable bonds is 4. The van der Waals surface area contributed by atoms with Crippen LogP contribution in [0.4, 0.5) is 0 Å². The van der Waals surface area contributed by atoms with E-state index in [1.165, 1.54) is 6.21 Å². The molecule has 0 saturated carbocycles. The van der Waals surface area contributed by atoms with Crippen molar-refractivity contribution in [3.63, 3.8) is 0 Å². The summed E-state index contributed by atoms with van der Waals surface area (Å²) in [7, 11) is 1.77. The van der Waals surface area contributed by atoms with Crippen molar-refractivity contribution in [1.29, 1.82) is 0 Å². The van der Waals surface area contributed by atoms with Crippen LogP contribution >= 0.6 is 11.6 Å². The summed E-state index contributed by atoms with van der Waals surface area (Å²) in [6.07, 6.45) is 1.32. The maximum Gasteiger partial charge on any atom is 0.227 e. The lowest BCUT2D eigenvalue weighted by Gasteiger charge is -2.06. The Labute approximate surface area is 138 Å². The van der Waals surface area contributed by atoms with E-state index in [-0.39, 0.29) is 0 Å². The van der Waals surface area contributed by atoms with Gasteiger partial charge in [-0.15, -0.1) is 0 Å². The van der Waals surface area contributed by atoms with Gasteiger partial charge in [-0.2, -0.15) is 5.10 Å². The highest BCUT2D eigenvalue weighted by atomic mass is 35.5. The minimum absolute atomic E-state index is 0.476. The molecule has 3 aromatic rings. The molecule has 6 heteroatoms. The lowest BCUT2D eigenvalue weighted by molar-refractivity contribution is 0.321. The van der Waals surface area contributed by atoms with Crippen LogP contribution in [0, 0.1) is 0 Å². The predicted octanol–water partition coefficient (Wildman–Crippen LogP) is 4.34. The number of oxime groups is 1. The standard InChI is InChI=1S/C17H14ClN3O2/c1-21-17(23-14-9-7-13(18)8-10-14)15(11-19-22)16(20-21)12-5-3-2-4-6-12/h2-11,22H,1H3. The fourth-order valence-electron chi connectivity index (χ4n) is 2.24. The summed E-state index contributed by atoms with van der Waals surface area (Å²) in [5.41, 5.74) is 2.18. The first-order valence-electron chi connectivity index (χ1n) is 6.92. The lowest BCUT2D eigenvalue weighted by Crippen LogP contribution is -1.96. The van der Waals surface area contributed by atoms with Crippen molar-refractivity contribution in [2.24, 2.45) is 12.2 Å². The summed E-state index contributed by atoms with van der Waals surface area (Å²) in [5.74, 6) is 1.09. The summed E-state index contributed by atoms with van der Waals surface area (Å²) in [5, 5.41) is 17.2. The Kier molecular flexibility index (Phi) is 4.30. The van der Waals surface area contributed by atoms with E-state index in [9.17, 15) is 0 Å². The van der Waals surface area contributed by atoms with E-state index < -0.39 is 0 Å². The molecule has 0 saturated heterocycles. The van der Waals surface area contributed by atoms with Crippen molar-refractivity contribution < 1.29 is 9.94 Å². The smallest absolute Gasteiger partial charge is 0.227 e. The molecule has 0 aliphatic carbocycles. The first-order valence-corrected chi connectivity index (χ1v) is 7.30. The molecule has 1 heterocycles. The van der Waals surface area contributed by atoms with Crippen LogP contribution in [0.5, 0.6) is 11.6 Å². The average Bonchev–Trinajstić information content (AvgIpc) is 2.87. The Morgan fingerprint density at radius 2 is 1.83 bits per heavy atom. The van der Waals surface area contributed by atoms with E-state index in [0.717, 1.165) is 5.56 Å². The average molecular weight is 328 g/mol. The SMILES string of the molecule is Cn1nc(-c2ccccc2)c(C=NO)c1Oc1ccc(Cl)cc1. The van der Waals surface area contributed by atoms with Crippen LogP contribution < -0.4 is 4.74 Å². The molecule has 23 heavy (non-hydrogen) atoms. The normalized spacial score (nSPS) is 11.0. The Hall–Kier alpha value is -2.79. The zero-order valence-electron chi connectivity index (χ0n) is 12.3. The van der Waals surface area contributed by atoms with Gasteiger partial charge in [0.2, 0.25) is 5.88 Å². The molecule has 116 valence electrons. The summed E-state index contributed by atoms with van der Waals surface area (Å²) < 4.78 is 7.49. The van der Waals surface area contributed by atoms with Gasteiger partial charge < -0.3 is 9.94 Å². The van der Waals surface area contributed by atoms with Gasteiger partial charge >= 0.3 is 0 Å². The Balaban J connectivity index is 2.06. The van der Waals surface area contributed by atoms with Gasteiger partial charge in [-0.05, 0) is 24.3 Å². The molecule has 0 atom stereocenters. The second kappa shape index (κ2) is 6.54. The van der Waals surface area contributed by atoms with Gasteiger partial charge in [0.1, 0.15) is 11.4 Å². The fraction of sp³-hybridized carbons (Fsp3) is 0.0588. The largest absolute Gasteiger partial charge is 0.439 e. The number of ether oxygens (including phenoxy) is 1. The predicted molar refractivity (Wildman–Crippen MR) is 89.6 cm³/mol. The van der Waals surface area contributed by atoms with Crippen LogP contribution in [0.2, 0.25) is 5.02 Å². The number of aryl methyl sites for hydroxylation is 1. The third kappa shape index (κ3) is 3.19. The van der Waals surface area contributed by atoms with E-state index in [2.05, 4.69) is 10.3 Å². The molecule has 2 aromatic carbocycles. The van der Waals surface area contributed by atoms with E-state index in [4.69, 9.17) is 21.5 Å². The first-order chi connectivity index (χ1) is 11.2. The lowest BCUT2D eigenvalue weighted by atomic mass is 10.1. The van der Waals surface area contributed by atoms with Crippen LogP contribution in [0.15, 0.2) is 59.8 Å². The first kappa shape index (κ1) is 15.1. The molecule has 0 aliphatic heterocycles. The van der Waals surface area contributed by atoms with Gasteiger partial charge in [-0.3, -0.25) is 0 Å². The summed E-state index contributed by atoms with van der Waals surface area (Å²) in [4.78, 5) is 0. The minimum atomic E-state index is 0.476. The monoisotopic (exact) mass is 327 g/mol. The van der Waals surface area contributed by atoms with Crippen molar-refractivity contribution >= 4 is 17.8 Å². The number of aromatic nitrogens is 2. The number of hydrogen-bond donors (Lipinski definition) is 1. The van der Waals surface area contributed by atoms with Crippen LogP contribution in [0.3, 0.4) is 0 Å². The molecule has 0 radical (unpaired) electrons. The summed E-state index contributed by atoms with van der Waals surface area (Å²) in [6.45, 7) is 0. The topological polar surface area (TPSA) is 59.6 Å². The zero-order valence-corrected chi connectivity index (χ0v) is 13.1. The van der Waals surface area contributed by atoms with E-state index in [0.29, 0.717) is 27.9 Å². The van der Waals surface area contributed by atoms with Gasteiger partial charge in [-0.1, -0.05) is 47.1 Å². The van der Waals surface area contributed by atoms with Crippen molar-refractivity contribution in [3.8, 4) is 22.9 Å². The van der Waals surface area contributed by atoms with E-state index >= 15 is 0 Å². The number of benzene rings is 2. The molecule has 0 fully saturated rings. The van der Waals surface area contributed by atoms with Crippen molar-refractivity contribution in [2.45, 2.75) is 0 Å². The van der Waals surface area contributed by atoms with Crippen molar-refractivity contribution in [1.82, 2.24) is 9.78 Å². The Morgan fingerprint density at radius 3 is 2.48 bits per heavy atom. The minimum Gasteiger partial charge on any atom is -0.439 e. The molecule has 0 bridgehead atoms. The van der Waals surface area contributed by atoms with Crippen LogP contribution in [-0.4, -0.2) is 21.2 Å². The zero-order chi connectivity index (χ0) is 16.2. The second-order valence-corrected chi connectivity index (χ2v) is 5.29. The van der Waals surface area contributed by atoms with Gasteiger partial charge in [0.05, 0.1) is 11.8 Å². The molecule has 3 rings (SSSR count). The van der Waals surface area contributed by atoms with Gasteiger partial charge in [0.25, 0.3) is 0 Å².